The molecular formula is C19H23N3O4S. The maximum atomic E-state index is 12.7. The maximum Gasteiger partial charge on any atom is 0.269 e. The van der Waals surface area contributed by atoms with Crippen LogP contribution in [0.4, 0.5) is 5.69 Å². The number of nitro benzene ring substituents is 1. The van der Waals surface area contributed by atoms with E-state index in [2.05, 4.69) is 36.1 Å². The predicted molar refractivity (Wildman–Crippen MR) is 103 cm³/mol. The van der Waals surface area contributed by atoms with Crippen molar-refractivity contribution in [3.05, 3.63) is 69.8 Å². The molecule has 0 bridgehead atoms. The molecule has 144 valence electrons. The van der Waals surface area contributed by atoms with E-state index in [1.807, 2.05) is 0 Å². The van der Waals surface area contributed by atoms with Crippen LogP contribution < -0.4 is 0 Å². The zero-order valence-electron chi connectivity index (χ0n) is 15.2. The summed E-state index contributed by atoms with van der Waals surface area (Å²) in [6.07, 6.45) is 1.01. The Kier molecular flexibility index (Phi) is 5.88. The number of benzene rings is 2. The summed E-state index contributed by atoms with van der Waals surface area (Å²) in [4.78, 5) is 12.5. The van der Waals surface area contributed by atoms with Gasteiger partial charge < -0.3 is 0 Å². The molecule has 7 nitrogen and oxygen atoms in total. The second-order valence-electron chi connectivity index (χ2n) is 6.60. The maximum absolute atomic E-state index is 12.7. The highest BCUT2D eigenvalue weighted by atomic mass is 32.2. The molecule has 0 aromatic heterocycles. The van der Waals surface area contributed by atoms with Crippen LogP contribution in [0.1, 0.15) is 18.1 Å². The summed E-state index contributed by atoms with van der Waals surface area (Å²) in [6, 6.07) is 13.6. The fourth-order valence-electron chi connectivity index (χ4n) is 3.16. The van der Waals surface area contributed by atoms with Crippen molar-refractivity contribution in [3.63, 3.8) is 0 Å². The number of nitro groups is 1. The number of hydrogen-bond donors (Lipinski definition) is 0. The van der Waals surface area contributed by atoms with Crippen LogP contribution in [0.3, 0.4) is 0 Å². The lowest BCUT2D eigenvalue weighted by molar-refractivity contribution is -0.384. The molecule has 1 aliphatic rings. The Hall–Kier alpha value is -2.29. The number of nitrogens with zero attached hydrogens (tertiary/aromatic N) is 3. The summed E-state index contributed by atoms with van der Waals surface area (Å²) < 4.78 is 26.9. The van der Waals surface area contributed by atoms with E-state index >= 15 is 0 Å². The Bertz CT molecular complexity index is 888. The number of piperazine rings is 1. The SMILES string of the molecule is CCc1ccc(CN2CCN(S(=O)(=O)c3ccc([N+](=O)[O-])cc3)CC2)cc1. The van der Waals surface area contributed by atoms with Crippen molar-refractivity contribution in [1.29, 1.82) is 0 Å². The molecule has 2 aromatic rings. The number of non-ortho nitro benzene ring substituents is 1. The van der Waals surface area contributed by atoms with Gasteiger partial charge in [0.05, 0.1) is 9.82 Å². The third kappa shape index (κ3) is 4.52. The summed E-state index contributed by atoms with van der Waals surface area (Å²) in [5.41, 5.74) is 2.41. The van der Waals surface area contributed by atoms with Crippen LogP contribution in [0.15, 0.2) is 53.4 Å². The monoisotopic (exact) mass is 389 g/mol. The highest BCUT2D eigenvalue weighted by Gasteiger charge is 2.28. The van der Waals surface area contributed by atoms with Gasteiger partial charge in [-0.15, -0.1) is 0 Å². The molecule has 0 spiro atoms. The molecule has 0 atom stereocenters. The van der Waals surface area contributed by atoms with E-state index in [9.17, 15) is 18.5 Å². The minimum absolute atomic E-state index is 0.0942. The Labute approximate surface area is 159 Å². The van der Waals surface area contributed by atoms with Crippen LogP contribution in [-0.2, 0) is 23.0 Å². The van der Waals surface area contributed by atoms with Crippen LogP contribution in [-0.4, -0.2) is 48.7 Å². The summed E-state index contributed by atoms with van der Waals surface area (Å²) in [5.74, 6) is 0. The second kappa shape index (κ2) is 8.16. The molecule has 8 heteroatoms. The van der Waals surface area contributed by atoms with Crippen LogP contribution in [0.25, 0.3) is 0 Å². The van der Waals surface area contributed by atoms with Crippen molar-refractivity contribution in [3.8, 4) is 0 Å². The van der Waals surface area contributed by atoms with Crippen molar-refractivity contribution in [1.82, 2.24) is 9.21 Å². The van der Waals surface area contributed by atoms with Crippen molar-refractivity contribution >= 4 is 15.7 Å². The summed E-state index contributed by atoms with van der Waals surface area (Å²) in [6.45, 7) is 5.05. The Morgan fingerprint density at radius 2 is 1.48 bits per heavy atom. The molecule has 2 aromatic carbocycles. The average molecular weight is 389 g/mol. The Morgan fingerprint density at radius 3 is 2.00 bits per heavy atom. The van der Waals surface area contributed by atoms with E-state index in [0.717, 1.165) is 13.0 Å². The van der Waals surface area contributed by atoms with E-state index in [0.29, 0.717) is 26.2 Å². The van der Waals surface area contributed by atoms with E-state index in [-0.39, 0.29) is 10.6 Å². The van der Waals surface area contributed by atoms with Gasteiger partial charge in [-0.2, -0.15) is 4.31 Å². The van der Waals surface area contributed by atoms with Crippen molar-refractivity contribution in [2.24, 2.45) is 0 Å². The first-order valence-electron chi connectivity index (χ1n) is 8.95. The van der Waals surface area contributed by atoms with Crippen LogP contribution in [0.2, 0.25) is 0 Å². The lowest BCUT2D eigenvalue weighted by Crippen LogP contribution is -2.48. The van der Waals surface area contributed by atoms with Gasteiger partial charge in [0.2, 0.25) is 10.0 Å². The van der Waals surface area contributed by atoms with Crippen molar-refractivity contribution in [2.75, 3.05) is 26.2 Å². The molecule has 0 N–H and O–H groups in total. The highest BCUT2D eigenvalue weighted by molar-refractivity contribution is 7.89. The summed E-state index contributed by atoms with van der Waals surface area (Å²) >= 11 is 0. The van der Waals surface area contributed by atoms with Crippen LogP contribution >= 0.6 is 0 Å². The lowest BCUT2D eigenvalue weighted by atomic mass is 10.1. The molecular weight excluding hydrogens is 366 g/mol. The Morgan fingerprint density at radius 1 is 0.926 bits per heavy atom. The van der Waals surface area contributed by atoms with Gasteiger partial charge in [0.1, 0.15) is 0 Å². The van der Waals surface area contributed by atoms with Gasteiger partial charge in [-0.3, -0.25) is 15.0 Å². The van der Waals surface area contributed by atoms with Gasteiger partial charge in [-0.25, -0.2) is 8.42 Å². The summed E-state index contributed by atoms with van der Waals surface area (Å²) in [5, 5.41) is 10.7. The third-order valence-corrected chi connectivity index (χ3v) is 6.77. The molecule has 0 unspecified atom stereocenters. The first kappa shape index (κ1) is 19.5. The van der Waals surface area contributed by atoms with Crippen LogP contribution in [0, 0.1) is 10.1 Å². The number of sulfonamides is 1. The van der Waals surface area contributed by atoms with Gasteiger partial charge in [-0.05, 0) is 29.7 Å². The number of rotatable bonds is 6. The standard InChI is InChI=1S/C19H23N3O4S/c1-2-16-3-5-17(6-4-16)15-20-11-13-21(14-12-20)27(25,26)19-9-7-18(8-10-19)22(23)24/h3-10H,2,11-15H2,1H3. The van der Waals surface area contributed by atoms with E-state index in [4.69, 9.17) is 0 Å². The zero-order chi connectivity index (χ0) is 19.4. The molecule has 0 amide bonds. The molecule has 1 saturated heterocycles. The van der Waals surface area contributed by atoms with E-state index in [1.54, 1.807) is 0 Å². The summed E-state index contributed by atoms with van der Waals surface area (Å²) in [7, 11) is -3.63. The first-order chi connectivity index (χ1) is 12.9. The van der Waals surface area contributed by atoms with E-state index in [1.165, 1.54) is 39.7 Å². The largest absolute Gasteiger partial charge is 0.296 e. The highest BCUT2D eigenvalue weighted by Crippen LogP contribution is 2.21. The third-order valence-electron chi connectivity index (χ3n) is 4.85. The molecule has 0 radical (unpaired) electrons. The molecule has 1 aliphatic heterocycles. The minimum Gasteiger partial charge on any atom is -0.296 e. The van der Waals surface area contributed by atoms with Gasteiger partial charge in [0.15, 0.2) is 0 Å². The fraction of sp³-hybridized carbons (Fsp3) is 0.368. The molecule has 27 heavy (non-hydrogen) atoms. The first-order valence-corrected chi connectivity index (χ1v) is 10.4. The lowest BCUT2D eigenvalue weighted by Gasteiger charge is -2.34. The molecule has 1 heterocycles. The average Bonchev–Trinajstić information content (AvgIpc) is 2.69. The van der Waals surface area contributed by atoms with Gasteiger partial charge in [-0.1, -0.05) is 31.2 Å². The van der Waals surface area contributed by atoms with E-state index < -0.39 is 14.9 Å². The second-order valence-corrected chi connectivity index (χ2v) is 8.54. The number of hydrogen-bond acceptors (Lipinski definition) is 5. The molecule has 0 aliphatic carbocycles. The normalized spacial score (nSPS) is 16.3. The predicted octanol–water partition coefficient (Wildman–Crippen LogP) is 2.66. The van der Waals surface area contributed by atoms with Crippen molar-refractivity contribution < 1.29 is 13.3 Å². The van der Waals surface area contributed by atoms with Gasteiger partial charge in [0.25, 0.3) is 5.69 Å². The van der Waals surface area contributed by atoms with Crippen LogP contribution in [0.5, 0.6) is 0 Å². The number of aryl methyl sites for hydroxylation is 1. The fourth-order valence-corrected chi connectivity index (χ4v) is 4.58. The zero-order valence-corrected chi connectivity index (χ0v) is 16.1. The molecule has 3 rings (SSSR count). The quantitative estimate of drug-likeness (QED) is 0.560. The van der Waals surface area contributed by atoms with Gasteiger partial charge in [0, 0.05) is 44.9 Å². The Balaban J connectivity index is 1.61. The molecule has 1 fully saturated rings. The minimum atomic E-state index is -3.63. The smallest absolute Gasteiger partial charge is 0.269 e. The molecule has 0 saturated carbocycles. The van der Waals surface area contributed by atoms with Crippen molar-refractivity contribution in [2.45, 2.75) is 24.8 Å². The van der Waals surface area contributed by atoms with Gasteiger partial charge >= 0.3 is 0 Å². The topological polar surface area (TPSA) is 83.8 Å².